The molecule has 2 amide bonds. The van der Waals surface area contributed by atoms with Crippen LogP contribution in [-0.2, 0) is 20.9 Å². The Bertz CT molecular complexity index is 897. The lowest BCUT2D eigenvalue weighted by Gasteiger charge is -2.24. The first-order chi connectivity index (χ1) is 15.1. The van der Waals surface area contributed by atoms with Gasteiger partial charge in [-0.15, -0.1) is 0 Å². The lowest BCUT2D eigenvalue weighted by Crippen LogP contribution is -2.47. The van der Waals surface area contributed by atoms with Crippen LogP contribution in [0.3, 0.4) is 0 Å². The molecule has 0 spiro atoms. The average molecular weight is 423 g/mol. The third-order valence-corrected chi connectivity index (χ3v) is 5.26. The fourth-order valence-corrected chi connectivity index (χ4v) is 3.67. The number of nitrogens with zero attached hydrogens (tertiary/aromatic N) is 1. The summed E-state index contributed by atoms with van der Waals surface area (Å²) < 4.78 is 4.92. The van der Waals surface area contributed by atoms with Gasteiger partial charge in [-0.1, -0.05) is 54.6 Å². The van der Waals surface area contributed by atoms with E-state index in [9.17, 15) is 9.59 Å². The largest absolute Gasteiger partial charge is 0.399 e. The van der Waals surface area contributed by atoms with Crippen molar-refractivity contribution in [2.75, 3.05) is 26.8 Å². The molecule has 1 atom stereocenters. The molecule has 2 aromatic rings. The van der Waals surface area contributed by atoms with Crippen LogP contribution < -0.4 is 16.4 Å². The molecule has 1 fully saturated rings. The standard InChI is InChI=1S/C24H30N4O3/c1-31-17-21(25)15-26-16-23(29)28-13-5-8-22(28)24(30)27-14-18-9-11-20(12-10-18)19-6-3-2-4-7-19/h2-4,6-7,9-12,15,22,26H,5,8,13-14,16-17,25H2,1H3,(H,27,30)/b21-15-. The molecule has 1 heterocycles. The number of methoxy groups -OCH3 is 1. The maximum atomic E-state index is 12.7. The van der Waals surface area contributed by atoms with Crippen molar-refractivity contribution < 1.29 is 14.3 Å². The molecule has 7 heteroatoms. The van der Waals surface area contributed by atoms with E-state index in [-0.39, 0.29) is 18.4 Å². The second-order valence-corrected chi connectivity index (χ2v) is 7.56. The lowest BCUT2D eigenvalue weighted by molar-refractivity contribution is -0.137. The molecule has 0 aliphatic carbocycles. The number of ether oxygens (including phenoxy) is 1. The summed E-state index contributed by atoms with van der Waals surface area (Å²) in [5, 5.41) is 5.87. The summed E-state index contributed by atoms with van der Waals surface area (Å²) in [4.78, 5) is 26.9. The highest BCUT2D eigenvalue weighted by molar-refractivity contribution is 5.89. The van der Waals surface area contributed by atoms with Crippen molar-refractivity contribution in [3.05, 3.63) is 72.1 Å². The summed E-state index contributed by atoms with van der Waals surface area (Å²) in [6.45, 7) is 1.40. The SMILES string of the molecule is COC/C(N)=C/NCC(=O)N1CCCC1C(=O)NCc1ccc(-c2ccccc2)cc1. The van der Waals surface area contributed by atoms with Crippen molar-refractivity contribution in [2.24, 2.45) is 5.73 Å². The van der Waals surface area contributed by atoms with E-state index in [0.29, 0.717) is 31.8 Å². The number of nitrogens with one attached hydrogen (secondary N) is 2. The number of carbonyl (C=O) groups excluding carboxylic acids is 2. The van der Waals surface area contributed by atoms with Gasteiger partial charge in [-0.2, -0.15) is 0 Å². The van der Waals surface area contributed by atoms with E-state index < -0.39 is 6.04 Å². The Morgan fingerprint density at radius 3 is 2.55 bits per heavy atom. The topological polar surface area (TPSA) is 96.7 Å². The van der Waals surface area contributed by atoms with Crippen LogP contribution in [0.4, 0.5) is 0 Å². The maximum absolute atomic E-state index is 12.7. The minimum absolute atomic E-state index is 0.0924. The van der Waals surface area contributed by atoms with E-state index in [1.54, 1.807) is 18.2 Å². The smallest absolute Gasteiger partial charge is 0.243 e. The first-order valence-electron chi connectivity index (χ1n) is 10.5. The molecule has 31 heavy (non-hydrogen) atoms. The number of benzene rings is 2. The van der Waals surface area contributed by atoms with Gasteiger partial charge in [-0.25, -0.2) is 0 Å². The Hall–Kier alpha value is -3.32. The lowest BCUT2D eigenvalue weighted by atomic mass is 10.0. The fourth-order valence-electron chi connectivity index (χ4n) is 3.67. The van der Waals surface area contributed by atoms with Crippen LogP contribution in [0.25, 0.3) is 11.1 Å². The van der Waals surface area contributed by atoms with Gasteiger partial charge in [0.2, 0.25) is 11.8 Å². The first-order valence-corrected chi connectivity index (χ1v) is 10.5. The molecule has 1 saturated heterocycles. The van der Waals surface area contributed by atoms with Crippen molar-refractivity contribution in [1.82, 2.24) is 15.5 Å². The number of rotatable bonds is 9. The Morgan fingerprint density at radius 2 is 1.84 bits per heavy atom. The van der Waals surface area contributed by atoms with Crippen LogP contribution in [-0.4, -0.2) is 49.6 Å². The quantitative estimate of drug-likeness (QED) is 0.574. The van der Waals surface area contributed by atoms with Gasteiger partial charge >= 0.3 is 0 Å². The van der Waals surface area contributed by atoms with Crippen LogP contribution >= 0.6 is 0 Å². The molecule has 7 nitrogen and oxygen atoms in total. The summed E-state index contributed by atoms with van der Waals surface area (Å²) in [6.07, 6.45) is 3.05. The van der Waals surface area contributed by atoms with Gasteiger partial charge in [-0.3, -0.25) is 9.59 Å². The number of hydrogen-bond donors (Lipinski definition) is 3. The third-order valence-electron chi connectivity index (χ3n) is 5.26. The molecule has 3 rings (SSSR count). The van der Waals surface area contributed by atoms with E-state index >= 15 is 0 Å². The Balaban J connectivity index is 1.50. The van der Waals surface area contributed by atoms with Crippen LogP contribution in [0.5, 0.6) is 0 Å². The molecule has 0 aromatic heterocycles. The average Bonchev–Trinajstić information content (AvgIpc) is 3.29. The van der Waals surface area contributed by atoms with Gasteiger partial charge in [0.15, 0.2) is 0 Å². The van der Waals surface area contributed by atoms with Gasteiger partial charge < -0.3 is 26.0 Å². The monoisotopic (exact) mass is 422 g/mol. The Labute approximate surface area is 183 Å². The molecule has 1 unspecified atom stereocenters. The van der Waals surface area contributed by atoms with Crippen molar-refractivity contribution in [2.45, 2.75) is 25.4 Å². The third kappa shape index (κ3) is 6.33. The highest BCUT2D eigenvalue weighted by Crippen LogP contribution is 2.20. The number of amides is 2. The molecular weight excluding hydrogens is 392 g/mol. The summed E-state index contributed by atoms with van der Waals surface area (Å²) in [6, 6.07) is 17.9. The van der Waals surface area contributed by atoms with Crippen molar-refractivity contribution in [3.63, 3.8) is 0 Å². The summed E-state index contributed by atoms with van der Waals surface area (Å²) in [5.74, 6) is -0.237. The molecule has 0 saturated carbocycles. The van der Waals surface area contributed by atoms with Crippen LogP contribution in [0.1, 0.15) is 18.4 Å². The zero-order chi connectivity index (χ0) is 22.1. The zero-order valence-corrected chi connectivity index (χ0v) is 17.8. The molecule has 4 N–H and O–H groups in total. The summed E-state index contributed by atoms with van der Waals surface area (Å²) in [7, 11) is 1.55. The molecule has 1 aliphatic heterocycles. The molecular formula is C24H30N4O3. The van der Waals surface area contributed by atoms with Gasteiger partial charge in [0.25, 0.3) is 0 Å². The number of nitrogens with two attached hydrogens (primary N) is 1. The van der Waals surface area contributed by atoms with Gasteiger partial charge in [0.05, 0.1) is 18.8 Å². The van der Waals surface area contributed by atoms with Gasteiger partial charge in [-0.05, 0) is 29.5 Å². The van der Waals surface area contributed by atoms with E-state index in [1.807, 2.05) is 30.3 Å². The summed E-state index contributed by atoms with van der Waals surface area (Å²) in [5.41, 5.74) is 9.54. The second kappa shape index (κ2) is 11.2. The molecule has 0 bridgehead atoms. The number of likely N-dealkylation sites (tertiary alicyclic amines) is 1. The normalized spacial score (nSPS) is 16.2. The van der Waals surface area contributed by atoms with Crippen LogP contribution in [0.2, 0.25) is 0 Å². The summed E-state index contributed by atoms with van der Waals surface area (Å²) >= 11 is 0. The fraction of sp³-hybridized carbons (Fsp3) is 0.333. The van der Waals surface area contributed by atoms with Crippen LogP contribution in [0.15, 0.2) is 66.5 Å². The predicted octanol–water partition coefficient (Wildman–Crippen LogP) is 2.00. The molecule has 1 aliphatic rings. The molecule has 164 valence electrons. The van der Waals surface area contributed by atoms with Gasteiger partial charge in [0.1, 0.15) is 6.04 Å². The van der Waals surface area contributed by atoms with Crippen molar-refractivity contribution >= 4 is 11.8 Å². The second-order valence-electron chi connectivity index (χ2n) is 7.56. The van der Waals surface area contributed by atoms with Crippen molar-refractivity contribution in [1.29, 1.82) is 0 Å². The van der Waals surface area contributed by atoms with Crippen molar-refractivity contribution in [3.8, 4) is 11.1 Å². The number of carbonyl (C=O) groups is 2. The Kier molecular flexibility index (Phi) is 8.06. The molecule has 2 aromatic carbocycles. The minimum atomic E-state index is -0.432. The maximum Gasteiger partial charge on any atom is 0.243 e. The van der Waals surface area contributed by atoms with Gasteiger partial charge in [0, 0.05) is 26.4 Å². The predicted molar refractivity (Wildman–Crippen MR) is 121 cm³/mol. The van der Waals surface area contributed by atoms with E-state index in [1.165, 1.54) is 0 Å². The van der Waals surface area contributed by atoms with E-state index in [0.717, 1.165) is 23.1 Å². The number of hydrogen-bond acceptors (Lipinski definition) is 5. The van der Waals surface area contributed by atoms with E-state index in [2.05, 4.69) is 34.9 Å². The van der Waals surface area contributed by atoms with Crippen LogP contribution in [0, 0.1) is 0 Å². The molecule has 0 radical (unpaired) electrons. The first kappa shape index (κ1) is 22.4. The Morgan fingerprint density at radius 1 is 1.13 bits per heavy atom. The highest BCUT2D eigenvalue weighted by Gasteiger charge is 2.33. The zero-order valence-electron chi connectivity index (χ0n) is 17.8. The highest BCUT2D eigenvalue weighted by atomic mass is 16.5. The van der Waals surface area contributed by atoms with E-state index in [4.69, 9.17) is 10.5 Å². The minimum Gasteiger partial charge on any atom is -0.399 e.